The van der Waals surface area contributed by atoms with Crippen molar-refractivity contribution >= 4 is 29.7 Å². The maximum atomic E-state index is 12.8. The molecule has 1 aromatic carbocycles. The molecule has 0 saturated heterocycles. The van der Waals surface area contributed by atoms with E-state index in [9.17, 15) is 4.79 Å². The molecule has 0 radical (unpaired) electrons. The summed E-state index contributed by atoms with van der Waals surface area (Å²) in [5.74, 6) is 0.455. The Morgan fingerprint density at radius 3 is 2.70 bits per heavy atom. The molecular formula is C20H23ClN4OS. The highest BCUT2D eigenvalue weighted by Gasteiger charge is 2.29. The van der Waals surface area contributed by atoms with Crippen molar-refractivity contribution in [2.75, 3.05) is 6.54 Å². The number of nitrogens with one attached hydrogen (secondary N) is 1. The van der Waals surface area contributed by atoms with Crippen LogP contribution in [0.3, 0.4) is 0 Å². The monoisotopic (exact) mass is 402 g/mol. The maximum Gasteiger partial charge on any atom is 0.255 e. The number of nitrogens with zero attached hydrogens (tertiary/aromatic N) is 2. The van der Waals surface area contributed by atoms with Crippen molar-refractivity contribution in [3.8, 4) is 10.6 Å². The molecule has 1 fully saturated rings. The number of halogens is 1. The normalized spacial score (nSPS) is 14.4. The Balaban J connectivity index is 0.00000210. The minimum atomic E-state index is -0.108. The van der Waals surface area contributed by atoms with Gasteiger partial charge in [0.15, 0.2) is 0 Å². The number of thiophene rings is 1. The predicted octanol–water partition coefficient (Wildman–Crippen LogP) is 3.55. The second-order valence-corrected chi connectivity index (χ2v) is 7.71. The lowest BCUT2D eigenvalue weighted by Gasteiger charge is -2.11. The first-order chi connectivity index (χ1) is 12.7. The number of amides is 1. The van der Waals surface area contributed by atoms with Crippen LogP contribution >= 0.6 is 23.7 Å². The number of aromatic nitrogens is 2. The smallest absolute Gasteiger partial charge is 0.255 e. The molecule has 4 rings (SSSR count). The van der Waals surface area contributed by atoms with Crippen LogP contribution in [0.5, 0.6) is 0 Å². The fourth-order valence-corrected chi connectivity index (χ4v) is 3.75. The second kappa shape index (κ2) is 8.69. The Labute approximate surface area is 169 Å². The van der Waals surface area contributed by atoms with E-state index in [0.29, 0.717) is 24.6 Å². The molecule has 1 aliphatic carbocycles. The SMILES string of the molecule is Cl.NC(CNC(=O)c1cn(Cc2ccccc2)nc1-c1cccs1)C1CC1. The number of carbonyl (C=O) groups is 1. The minimum absolute atomic E-state index is 0. The molecule has 0 aliphatic heterocycles. The Hall–Kier alpha value is -2.15. The molecule has 0 spiro atoms. The fourth-order valence-electron chi connectivity index (χ4n) is 3.03. The van der Waals surface area contributed by atoms with Crippen molar-refractivity contribution in [1.29, 1.82) is 0 Å². The number of rotatable bonds is 7. The van der Waals surface area contributed by atoms with Gasteiger partial charge in [-0.3, -0.25) is 9.48 Å². The molecule has 1 atom stereocenters. The molecule has 1 aliphatic rings. The Bertz CT molecular complexity index is 875. The number of hydrogen-bond donors (Lipinski definition) is 2. The minimum Gasteiger partial charge on any atom is -0.350 e. The summed E-state index contributed by atoms with van der Waals surface area (Å²) in [4.78, 5) is 13.8. The summed E-state index contributed by atoms with van der Waals surface area (Å²) in [6.07, 6.45) is 4.18. The molecule has 2 aromatic heterocycles. The van der Waals surface area contributed by atoms with Crippen molar-refractivity contribution in [3.05, 3.63) is 65.2 Å². The lowest BCUT2D eigenvalue weighted by atomic mass is 10.1. The summed E-state index contributed by atoms with van der Waals surface area (Å²) in [6, 6.07) is 14.1. The van der Waals surface area contributed by atoms with Gasteiger partial charge in [-0.25, -0.2) is 0 Å². The van der Waals surface area contributed by atoms with Crippen LogP contribution in [-0.4, -0.2) is 28.3 Å². The van der Waals surface area contributed by atoms with E-state index < -0.39 is 0 Å². The van der Waals surface area contributed by atoms with E-state index in [-0.39, 0.29) is 24.4 Å². The van der Waals surface area contributed by atoms with Gasteiger partial charge in [0.1, 0.15) is 5.69 Å². The summed E-state index contributed by atoms with van der Waals surface area (Å²) < 4.78 is 1.83. The molecule has 3 N–H and O–H groups in total. The largest absolute Gasteiger partial charge is 0.350 e. The third kappa shape index (κ3) is 4.77. The Morgan fingerprint density at radius 2 is 2.04 bits per heavy atom. The van der Waals surface area contributed by atoms with Crippen molar-refractivity contribution in [2.45, 2.75) is 25.4 Å². The van der Waals surface area contributed by atoms with Crippen LogP contribution < -0.4 is 11.1 Å². The summed E-state index contributed by atoms with van der Waals surface area (Å²) in [7, 11) is 0. The molecule has 1 unspecified atom stereocenters. The van der Waals surface area contributed by atoms with Gasteiger partial charge in [0, 0.05) is 18.8 Å². The standard InChI is InChI=1S/C20H22N4OS.ClH/c21-17(15-8-9-15)11-22-20(25)16-13-24(12-14-5-2-1-3-6-14)23-19(16)18-7-4-10-26-18;/h1-7,10,13,15,17H,8-9,11-12,21H2,(H,22,25);1H. The third-order valence-corrected chi connectivity index (χ3v) is 5.55. The van der Waals surface area contributed by atoms with Crippen LogP contribution in [0.4, 0.5) is 0 Å². The van der Waals surface area contributed by atoms with Gasteiger partial charge in [-0.1, -0.05) is 36.4 Å². The van der Waals surface area contributed by atoms with Crippen LogP contribution in [-0.2, 0) is 6.54 Å². The predicted molar refractivity (Wildman–Crippen MR) is 111 cm³/mol. The molecule has 5 nitrogen and oxygen atoms in total. The second-order valence-electron chi connectivity index (χ2n) is 6.76. The molecule has 27 heavy (non-hydrogen) atoms. The van der Waals surface area contributed by atoms with Gasteiger partial charge in [-0.05, 0) is 35.8 Å². The van der Waals surface area contributed by atoms with E-state index in [0.717, 1.165) is 16.1 Å². The van der Waals surface area contributed by atoms with E-state index in [1.54, 1.807) is 11.3 Å². The third-order valence-electron chi connectivity index (χ3n) is 4.67. The van der Waals surface area contributed by atoms with Gasteiger partial charge in [-0.15, -0.1) is 23.7 Å². The molecule has 2 heterocycles. The quantitative estimate of drug-likeness (QED) is 0.634. The highest BCUT2D eigenvalue weighted by molar-refractivity contribution is 7.13. The summed E-state index contributed by atoms with van der Waals surface area (Å²) >= 11 is 1.59. The van der Waals surface area contributed by atoms with Crippen molar-refractivity contribution in [2.24, 2.45) is 11.7 Å². The number of carbonyl (C=O) groups excluding carboxylic acids is 1. The van der Waals surface area contributed by atoms with E-state index >= 15 is 0 Å². The van der Waals surface area contributed by atoms with Crippen LogP contribution in [0.1, 0.15) is 28.8 Å². The highest BCUT2D eigenvalue weighted by Crippen LogP contribution is 2.31. The van der Waals surface area contributed by atoms with Gasteiger partial charge in [-0.2, -0.15) is 5.10 Å². The molecule has 1 saturated carbocycles. The average molecular weight is 403 g/mol. The lowest BCUT2D eigenvalue weighted by molar-refractivity contribution is 0.0951. The van der Waals surface area contributed by atoms with Crippen LogP contribution in [0.25, 0.3) is 10.6 Å². The maximum absolute atomic E-state index is 12.8. The molecule has 1 amide bonds. The van der Waals surface area contributed by atoms with E-state index in [1.807, 2.05) is 46.6 Å². The van der Waals surface area contributed by atoms with E-state index in [4.69, 9.17) is 5.73 Å². The van der Waals surface area contributed by atoms with Gasteiger partial charge >= 0.3 is 0 Å². The molecule has 3 aromatic rings. The zero-order valence-electron chi connectivity index (χ0n) is 14.9. The first-order valence-corrected chi connectivity index (χ1v) is 9.77. The van der Waals surface area contributed by atoms with Crippen LogP contribution in [0.15, 0.2) is 54.0 Å². The molecule has 142 valence electrons. The first-order valence-electron chi connectivity index (χ1n) is 8.90. The number of nitrogens with two attached hydrogens (primary N) is 1. The van der Waals surface area contributed by atoms with Crippen molar-refractivity contribution in [1.82, 2.24) is 15.1 Å². The lowest BCUT2D eigenvalue weighted by Crippen LogP contribution is -2.38. The van der Waals surface area contributed by atoms with Gasteiger partial charge in [0.2, 0.25) is 0 Å². The molecule has 7 heteroatoms. The summed E-state index contributed by atoms with van der Waals surface area (Å²) in [5, 5.41) is 9.66. The number of benzene rings is 1. The summed E-state index contributed by atoms with van der Waals surface area (Å²) in [5.41, 5.74) is 8.59. The Morgan fingerprint density at radius 1 is 1.26 bits per heavy atom. The molecule has 0 bridgehead atoms. The molecular weight excluding hydrogens is 380 g/mol. The van der Waals surface area contributed by atoms with Crippen LogP contribution in [0.2, 0.25) is 0 Å². The Kier molecular flexibility index (Phi) is 6.31. The topological polar surface area (TPSA) is 72.9 Å². The highest BCUT2D eigenvalue weighted by atomic mass is 35.5. The van der Waals surface area contributed by atoms with E-state index in [2.05, 4.69) is 22.5 Å². The average Bonchev–Trinajstić information content (AvgIpc) is 3.20. The van der Waals surface area contributed by atoms with Crippen LogP contribution in [0, 0.1) is 5.92 Å². The van der Waals surface area contributed by atoms with E-state index in [1.165, 1.54) is 12.8 Å². The zero-order chi connectivity index (χ0) is 17.9. The van der Waals surface area contributed by atoms with Crippen molar-refractivity contribution < 1.29 is 4.79 Å². The number of hydrogen-bond acceptors (Lipinski definition) is 4. The van der Waals surface area contributed by atoms with Crippen molar-refractivity contribution in [3.63, 3.8) is 0 Å². The van der Waals surface area contributed by atoms with Gasteiger partial charge in [0.05, 0.1) is 17.0 Å². The van der Waals surface area contributed by atoms with Gasteiger partial charge < -0.3 is 11.1 Å². The fraction of sp³-hybridized carbons (Fsp3) is 0.300. The first kappa shape index (κ1) is 19.6. The van der Waals surface area contributed by atoms with Gasteiger partial charge in [0.25, 0.3) is 5.91 Å². The zero-order valence-corrected chi connectivity index (χ0v) is 16.5. The summed E-state index contributed by atoms with van der Waals surface area (Å²) in [6.45, 7) is 1.14.